The monoisotopic (exact) mass is 251 g/mol. The zero-order valence-corrected chi connectivity index (χ0v) is 7.32. The van der Waals surface area contributed by atoms with Gasteiger partial charge in [0.25, 0.3) is 0 Å². The third-order valence-corrected chi connectivity index (χ3v) is 0. The molecule has 0 aliphatic carbocycles. The van der Waals surface area contributed by atoms with Gasteiger partial charge in [0.2, 0.25) is 0 Å². The maximum atomic E-state index is 8.25. The Morgan fingerprint density at radius 2 is 0.571 bits per heavy atom. The van der Waals surface area contributed by atoms with Crippen molar-refractivity contribution in [1.29, 1.82) is 0 Å². The van der Waals surface area contributed by atoms with Gasteiger partial charge in [0.05, 0.1) is 15.3 Å². The molecule has 0 aliphatic rings. The average Bonchev–Trinajstić information content (AvgIpc) is 1.54. The van der Waals surface area contributed by atoms with E-state index in [2.05, 4.69) is 0 Å². The van der Waals surface area contributed by atoms with Gasteiger partial charge in [-0.05, 0) is 0 Å². The van der Waals surface area contributed by atoms with E-state index >= 15 is 0 Å². The molecule has 0 aliphatic heterocycles. The summed E-state index contributed by atoms with van der Waals surface area (Å²) >= 11 is 0. The van der Waals surface area contributed by atoms with Gasteiger partial charge in [0, 0.05) is 0 Å². The Morgan fingerprint density at radius 1 is 0.571 bits per heavy atom. The Kier molecular flexibility index (Phi) is 47.3. The standard InChI is InChI=1S/Li.3NO3.Ni/c;3*2-1(3)4;/q+1;3*-1;+2. The minimum atomic E-state index is -1.75. The van der Waals surface area contributed by atoms with Crippen molar-refractivity contribution < 1.29 is 50.6 Å². The molecule has 0 heterocycles. The van der Waals surface area contributed by atoms with Gasteiger partial charge in [-0.2, -0.15) is 0 Å². The van der Waals surface area contributed by atoms with Gasteiger partial charge < -0.3 is 46.0 Å². The third-order valence-electron chi connectivity index (χ3n) is 0. The molecule has 80 valence electrons. The molecule has 0 unspecified atom stereocenters. The predicted molar refractivity (Wildman–Crippen MR) is 31.1 cm³/mol. The maximum Gasteiger partial charge on any atom is 2.00 e. The van der Waals surface area contributed by atoms with Crippen molar-refractivity contribution >= 4 is 0 Å². The molecule has 0 bridgehead atoms. The largest absolute Gasteiger partial charge is 2.00 e. The van der Waals surface area contributed by atoms with E-state index in [4.69, 9.17) is 46.0 Å². The molecule has 0 fully saturated rings. The zero-order valence-electron chi connectivity index (χ0n) is 6.33. The van der Waals surface area contributed by atoms with E-state index in [1.807, 2.05) is 0 Å². The van der Waals surface area contributed by atoms with Gasteiger partial charge in [0.1, 0.15) is 0 Å². The van der Waals surface area contributed by atoms with Crippen LogP contribution in [-0.2, 0) is 16.5 Å². The van der Waals surface area contributed by atoms with Crippen LogP contribution >= 0.6 is 0 Å². The van der Waals surface area contributed by atoms with Gasteiger partial charge in [-0.3, -0.25) is 0 Å². The van der Waals surface area contributed by atoms with Crippen LogP contribution in [0.4, 0.5) is 0 Å². The second kappa shape index (κ2) is 22.6. The second-order valence-corrected chi connectivity index (χ2v) is 0.671. The van der Waals surface area contributed by atoms with Crippen LogP contribution in [0, 0.1) is 46.0 Å². The van der Waals surface area contributed by atoms with Gasteiger partial charge in [-0.15, -0.1) is 0 Å². The normalized spacial score (nSPS) is 5.14. The molecule has 14 heteroatoms. The molecule has 0 saturated heterocycles. The smallest absolute Gasteiger partial charge is 0.356 e. The van der Waals surface area contributed by atoms with E-state index in [1.165, 1.54) is 0 Å². The molecular weight excluding hydrogens is 252 g/mol. The Labute approximate surface area is 96.9 Å². The molecule has 0 amide bonds. The van der Waals surface area contributed by atoms with Gasteiger partial charge >= 0.3 is 35.4 Å². The van der Waals surface area contributed by atoms with Crippen molar-refractivity contribution in [2.45, 2.75) is 0 Å². The molecule has 0 saturated carbocycles. The van der Waals surface area contributed by atoms with Crippen LogP contribution in [0.1, 0.15) is 0 Å². The second-order valence-electron chi connectivity index (χ2n) is 0.671. The van der Waals surface area contributed by atoms with E-state index in [0.29, 0.717) is 0 Å². The third kappa shape index (κ3) is 586. The summed E-state index contributed by atoms with van der Waals surface area (Å²) in [6.45, 7) is 0. The molecule has 0 atom stereocenters. The molecular formula is LiN3NiO9. The van der Waals surface area contributed by atoms with E-state index in [1.54, 1.807) is 0 Å². The van der Waals surface area contributed by atoms with Crippen LogP contribution < -0.4 is 18.9 Å². The Hall–Kier alpha value is -1.31. The summed E-state index contributed by atoms with van der Waals surface area (Å²) < 4.78 is 0. The van der Waals surface area contributed by atoms with Crippen LogP contribution in [0.2, 0.25) is 0 Å². The molecule has 0 aromatic carbocycles. The Bertz CT molecular complexity index is 118. The van der Waals surface area contributed by atoms with Crippen LogP contribution in [0.15, 0.2) is 0 Å². The van der Waals surface area contributed by atoms with E-state index in [-0.39, 0.29) is 35.4 Å². The van der Waals surface area contributed by atoms with E-state index < -0.39 is 15.3 Å². The van der Waals surface area contributed by atoms with Gasteiger partial charge in [0.15, 0.2) is 0 Å². The summed E-state index contributed by atoms with van der Waals surface area (Å²) in [7, 11) is 0. The van der Waals surface area contributed by atoms with Crippen LogP contribution in [0.3, 0.4) is 0 Å². The fourth-order valence-electron chi connectivity index (χ4n) is 0. The summed E-state index contributed by atoms with van der Waals surface area (Å²) in [6, 6.07) is 0. The molecule has 14 heavy (non-hydrogen) atoms. The Morgan fingerprint density at radius 3 is 0.571 bits per heavy atom. The molecule has 0 radical (unpaired) electrons. The number of nitrogens with zero attached hydrogens (tertiary/aromatic N) is 3. The molecule has 0 N–H and O–H groups in total. The molecule has 12 nitrogen and oxygen atoms in total. The van der Waals surface area contributed by atoms with Crippen molar-refractivity contribution in [3.63, 3.8) is 0 Å². The number of rotatable bonds is 0. The number of hydrogen-bond donors (Lipinski definition) is 0. The van der Waals surface area contributed by atoms with Crippen molar-refractivity contribution in [3.8, 4) is 0 Å². The summed E-state index contributed by atoms with van der Waals surface area (Å²) in [5, 5.41) is 44.2. The minimum Gasteiger partial charge on any atom is -0.356 e. The minimum absolute atomic E-state index is 0. The fraction of sp³-hybridized carbons (Fsp3) is 0. The molecule has 0 rings (SSSR count). The summed E-state index contributed by atoms with van der Waals surface area (Å²) in [5.74, 6) is 0. The van der Waals surface area contributed by atoms with E-state index in [0.717, 1.165) is 0 Å². The maximum absolute atomic E-state index is 8.25. The van der Waals surface area contributed by atoms with Crippen molar-refractivity contribution in [1.82, 2.24) is 0 Å². The van der Waals surface area contributed by atoms with Crippen LogP contribution in [-0.4, -0.2) is 15.3 Å². The average molecular weight is 252 g/mol. The molecule has 0 aromatic heterocycles. The van der Waals surface area contributed by atoms with Crippen molar-refractivity contribution in [3.05, 3.63) is 46.0 Å². The molecule has 0 spiro atoms. The first kappa shape index (κ1) is 29.3. The van der Waals surface area contributed by atoms with Gasteiger partial charge in [-0.1, -0.05) is 0 Å². The van der Waals surface area contributed by atoms with Crippen LogP contribution in [0.25, 0.3) is 0 Å². The first-order valence-corrected chi connectivity index (χ1v) is 1.64. The SMILES string of the molecule is O=[N+]([O-])[O-].O=[N+]([O-])[O-].O=[N+]([O-])[O-].[Li+].[Ni+2]. The number of hydrogen-bond acceptors (Lipinski definition) is 9. The summed E-state index contributed by atoms with van der Waals surface area (Å²) in [4.78, 5) is 24.8. The quantitative estimate of drug-likeness (QED) is 0.236. The first-order chi connectivity index (χ1) is 5.20. The zero-order chi connectivity index (χ0) is 10.7. The van der Waals surface area contributed by atoms with Crippen molar-refractivity contribution in [2.24, 2.45) is 0 Å². The summed E-state index contributed by atoms with van der Waals surface area (Å²) in [5.41, 5.74) is 0. The first-order valence-electron chi connectivity index (χ1n) is 1.64. The topological polar surface area (TPSA) is 199 Å². The molecule has 0 aromatic rings. The van der Waals surface area contributed by atoms with Crippen LogP contribution in [0.5, 0.6) is 0 Å². The van der Waals surface area contributed by atoms with Crippen molar-refractivity contribution in [2.75, 3.05) is 0 Å². The summed E-state index contributed by atoms with van der Waals surface area (Å²) in [6.07, 6.45) is 0. The predicted octanol–water partition coefficient (Wildman–Crippen LogP) is -3.72. The van der Waals surface area contributed by atoms with E-state index in [9.17, 15) is 0 Å². The fourth-order valence-corrected chi connectivity index (χ4v) is 0. The Balaban J connectivity index is -0.0000000270. The van der Waals surface area contributed by atoms with Gasteiger partial charge in [-0.25, -0.2) is 0 Å².